The smallest absolute Gasteiger partial charge is 0.149 e. The molecule has 5 nitrogen and oxygen atoms in total. The fraction of sp³-hybridized carbons (Fsp3) is 0.360. The van der Waals surface area contributed by atoms with Crippen LogP contribution in [0.4, 0.5) is 5.69 Å². The molecule has 0 spiro atoms. The monoisotopic (exact) mass is 402 g/mol. The number of H-pyrrole nitrogens is 1. The Balaban J connectivity index is 2.01. The zero-order valence-electron chi connectivity index (χ0n) is 18.3. The van der Waals surface area contributed by atoms with Crippen LogP contribution in [0.25, 0.3) is 22.7 Å². The number of ether oxygens (including phenoxy) is 1. The Kier molecular flexibility index (Phi) is 7.13. The third-order valence-electron chi connectivity index (χ3n) is 5.19. The summed E-state index contributed by atoms with van der Waals surface area (Å²) in [4.78, 5) is 10.2. The number of fused-ring (bicyclic) bond motifs is 1. The molecule has 0 saturated heterocycles. The first kappa shape index (κ1) is 21.4. The predicted molar refractivity (Wildman–Crippen MR) is 125 cm³/mol. The lowest BCUT2D eigenvalue weighted by atomic mass is 10.1. The summed E-state index contributed by atoms with van der Waals surface area (Å²) in [6.07, 6.45) is 3.92. The number of nitriles is 1. The lowest BCUT2D eigenvalue weighted by Crippen LogP contribution is -2.21. The number of hydrogen-bond donors (Lipinski definition) is 1. The zero-order valence-corrected chi connectivity index (χ0v) is 18.3. The van der Waals surface area contributed by atoms with Crippen LogP contribution in [-0.4, -0.2) is 29.7 Å². The average molecular weight is 403 g/mol. The number of aromatic amines is 1. The lowest BCUT2D eigenvalue weighted by molar-refractivity contribution is 0.309. The molecule has 0 unspecified atom stereocenters. The van der Waals surface area contributed by atoms with E-state index < -0.39 is 0 Å². The van der Waals surface area contributed by atoms with E-state index in [1.54, 1.807) is 0 Å². The van der Waals surface area contributed by atoms with Gasteiger partial charge in [-0.25, -0.2) is 4.98 Å². The summed E-state index contributed by atoms with van der Waals surface area (Å²) in [5.74, 6) is 1.37. The maximum absolute atomic E-state index is 9.82. The van der Waals surface area contributed by atoms with Crippen molar-refractivity contribution >= 4 is 28.4 Å². The second kappa shape index (κ2) is 9.98. The van der Waals surface area contributed by atoms with Gasteiger partial charge in [-0.1, -0.05) is 19.4 Å². The normalized spacial score (nSPS) is 11.5. The maximum Gasteiger partial charge on any atom is 0.149 e. The van der Waals surface area contributed by atoms with E-state index in [1.165, 1.54) is 0 Å². The Labute approximate surface area is 179 Å². The number of allylic oxidation sites excluding steroid dienone is 1. The van der Waals surface area contributed by atoms with Crippen molar-refractivity contribution in [2.45, 2.75) is 40.5 Å². The lowest BCUT2D eigenvalue weighted by Gasteiger charge is -2.22. The Morgan fingerprint density at radius 1 is 1.17 bits per heavy atom. The van der Waals surface area contributed by atoms with Gasteiger partial charge in [0.15, 0.2) is 0 Å². The molecule has 0 atom stereocenters. The van der Waals surface area contributed by atoms with Crippen LogP contribution in [0.1, 0.15) is 50.6 Å². The molecule has 1 aromatic heterocycles. The topological polar surface area (TPSA) is 64.9 Å². The van der Waals surface area contributed by atoms with Crippen molar-refractivity contribution in [3.05, 3.63) is 53.3 Å². The number of aryl methyl sites for hydroxylation is 1. The quantitative estimate of drug-likeness (QED) is 0.354. The molecule has 2 aromatic carbocycles. The van der Waals surface area contributed by atoms with Crippen LogP contribution in [0, 0.1) is 18.3 Å². The number of nitrogens with zero attached hydrogens (tertiary/aromatic N) is 3. The summed E-state index contributed by atoms with van der Waals surface area (Å²) in [6.45, 7) is 11.0. The first-order valence-corrected chi connectivity index (χ1v) is 10.7. The molecule has 1 heterocycles. The van der Waals surface area contributed by atoms with Gasteiger partial charge in [0, 0.05) is 30.4 Å². The molecule has 1 N–H and O–H groups in total. The van der Waals surface area contributed by atoms with Crippen LogP contribution >= 0.6 is 0 Å². The number of anilines is 1. The van der Waals surface area contributed by atoms with Gasteiger partial charge in [-0.15, -0.1) is 0 Å². The van der Waals surface area contributed by atoms with Gasteiger partial charge in [0.25, 0.3) is 0 Å². The third kappa shape index (κ3) is 4.83. The molecule has 0 aliphatic carbocycles. The molecule has 0 radical (unpaired) electrons. The SMILES string of the molecule is CCCCOc1cc(N(CC)CC)ccc1/C=C(/C#N)c1nc2ccc(C)cc2[nH]1. The van der Waals surface area contributed by atoms with E-state index in [0.29, 0.717) is 18.0 Å². The van der Waals surface area contributed by atoms with Gasteiger partial charge in [0.1, 0.15) is 17.6 Å². The van der Waals surface area contributed by atoms with Crippen molar-refractivity contribution in [3.63, 3.8) is 0 Å². The zero-order chi connectivity index (χ0) is 21.5. The Morgan fingerprint density at radius 2 is 1.97 bits per heavy atom. The van der Waals surface area contributed by atoms with E-state index in [1.807, 2.05) is 37.3 Å². The van der Waals surface area contributed by atoms with Crippen molar-refractivity contribution in [2.24, 2.45) is 0 Å². The highest BCUT2D eigenvalue weighted by Crippen LogP contribution is 2.30. The van der Waals surface area contributed by atoms with Gasteiger partial charge >= 0.3 is 0 Å². The van der Waals surface area contributed by atoms with Crippen LogP contribution in [-0.2, 0) is 0 Å². The van der Waals surface area contributed by atoms with Crippen molar-refractivity contribution in [2.75, 3.05) is 24.6 Å². The summed E-state index contributed by atoms with van der Waals surface area (Å²) in [5, 5.41) is 9.82. The summed E-state index contributed by atoms with van der Waals surface area (Å²) in [7, 11) is 0. The molecule has 0 fully saturated rings. The minimum atomic E-state index is 0.486. The highest BCUT2D eigenvalue weighted by atomic mass is 16.5. The molecule has 0 saturated carbocycles. The number of nitrogens with one attached hydrogen (secondary N) is 1. The summed E-state index contributed by atoms with van der Waals surface area (Å²) in [5.41, 5.74) is 5.44. The summed E-state index contributed by atoms with van der Waals surface area (Å²) >= 11 is 0. The number of unbranched alkanes of at least 4 members (excludes halogenated alkanes) is 1. The Bertz CT molecular complexity index is 1070. The standard InChI is InChI=1S/C25H30N4O/c1-5-8-13-30-24-16-21(29(6-2)7-3)11-10-19(24)15-20(17-26)25-27-22-12-9-18(4)14-23(22)28-25/h9-12,14-16H,5-8,13H2,1-4H3,(H,27,28)/b20-15-. The van der Waals surface area contributed by atoms with E-state index in [9.17, 15) is 5.26 Å². The summed E-state index contributed by atoms with van der Waals surface area (Å²) < 4.78 is 6.10. The minimum absolute atomic E-state index is 0.486. The largest absolute Gasteiger partial charge is 0.493 e. The van der Waals surface area contributed by atoms with Gasteiger partial charge in [0.05, 0.1) is 23.2 Å². The van der Waals surface area contributed by atoms with Crippen molar-refractivity contribution in [1.82, 2.24) is 9.97 Å². The number of rotatable bonds is 9. The molecule has 3 rings (SSSR count). The van der Waals surface area contributed by atoms with Crippen LogP contribution < -0.4 is 9.64 Å². The average Bonchev–Trinajstić information content (AvgIpc) is 3.17. The Hall–Kier alpha value is -3.26. The number of aromatic nitrogens is 2. The number of hydrogen-bond acceptors (Lipinski definition) is 4. The molecular formula is C25H30N4O. The molecule has 5 heteroatoms. The maximum atomic E-state index is 9.82. The molecule has 0 bridgehead atoms. The fourth-order valence-corrected chi connectivity index (χ4v) is 3.44. The van der Waals surface area contributed by atoms with Crippen molar-refractivity contribution in [1.29, 1.82) is 5.26 Å². The number of benzene rings is 2. The summed E-state index contributed by atoms with van der Waals surface area (Å²) in [6, 6.07) is 14.5. The predicted octanol–water partition coefficient (Wildman–Crippen LogP) is 5.96. The van der Waals surface area contributed by atoms with E-state index in [4.69, 9.17) is 4.74 Å². The van der Waals surface area contributed by atoms with Crippen molar-refractivity contribution < 1.29 is 4.74 Å². The van der Waals surface area contributed by atoms with Gasteiger partial charge in [-0.3, -0.25) is 0 Å². The van der Waals surface area contributed by atoms with E-state index in [0.717, 1.165) is 59.5 Å². The van der Waals surface area contributed by atoms with Crippen LogP contribution in [0.15, 0.2) is 36.4 Å². The second-order valence-corrected chi connectivity index (χ2v) is 7.37. The van der Waals surface area contributed by atoms with Gasteiger partial charge < -0.3 is 14.6 Å². The fourth-order valence-electron chi connectivity index (χ4n) is 3.44. The van der Waals surface area contributed by atoms with Crippen LogP contribution in [0.3, 0.4) is 0 Å². The molecule has 3 aromatic rings. The van der Waals surface area contributed by atoms with Gasteiger partial charge in [-0.05, 0) is 63.1 Å². The molecule has 0 aliphatic rings. The molecular weight excluding hydrogens is 372 g/mol. The van der Waals surface area contributed by atoms with Crippen LogP contribution in [0.2, 0.25) is 0 Å². The molecule has 0 amide bonds. The third-order valence-corrected chi connectivity index (χ3v) is 5.19. The number of imidazole rings is 1. The highest BCUT2D eigenvalue weighted by molar-refractivity contribution is 5.91. The molecule has 156 valence electrons. The first-order chi connectivity index (χ1) is 14.6. The van der Waals surface area contributed by atoms with Gasteiger partial charge in [0.2, 0.25) is 0 Å². The second-order valence-electron chi connectivity index (χ2n) is 7.37. The first-order valence-electron chi connectivity index (χ1n) is 10.7. The van der Waals surface area contributed by atoms with Gasteiger partial charge in [-0.2, -0.15) is 5.26 Å². The van der Waals surface area contributed by atoms with Crippen LogP contribution in [0.5, 0.6) is 5.75 Å². The molecule has 30 heavy (non-hydrogen) atoms. The van der Waals surface area contributed by atoms with E-state index >= 15 is 0 Å². The minimum Gasteiger partial charge on any atom is -0.493 e. The van der Waals surface area contributed by atoms with E-state index in [-0.39, 0.29) is 0 Å². The van der Waals surface area contributed by atoms with Crippen molar-refractivity contribution in [3.8, 4) is 11.8 Å². The highest BCUT2D eigenvalue weighted by Gasteiger charge is 2.12. The van der Waals surface area contributed by atoms with E-state index in [2.05, 4.69) is 53.8 Å². The Morgan fingerprint density at radius 3 is 2.67 bits per heavy atom. The molecule has 0 aliphatic heterocycles.